The average Bonchev–Trinajstić information content (AvgIpc) is 2.33. The van der Waals surface area contributed by atoms with Crippen molar-refractivity contribution in [2.24, 2.45) is 0 Å². The third kappa shape index (κ3) is 2.52. The van der Waals surface area contributed by atoms with Crippen LogP contribution in [0.1, 0.15) is 12.5 Å². The maximum atomic E-state index is 5.41. The van der Waals surface area contributed by atoms with Gasteiger partial charge in [0.1, 0.15) is 5.75 Å². The quantitative estimate of drug-likeness (QED) is 0.696. The molecule has 0 bridgehead atoms. The molecule has 0 atom stereocenters. The first-order valence-corrected chi connectivity index (χ1v) is 5.11. The largest absolute Gasteiger partial charge is 0.494 e. The van der Waals surface area contributed by atoms with Crippen LogP contribution in [0.15, 0.2) is 24.3 Å². The van der Waals surface area contributed by atoms with Crippen LogP contribution in [0.2, 0.25) is 0 Å². The highest BCUT2D eigenvalue weighted by Crippen LogP contribution is 2.29. The lowest BCUT2D eigenvalue weighted by Crippen LogP contribution is -2.32. The molecule has 0 aliphatic carbocycles. The summed E-state index contributed by atoms with van der Waals surface area (Å²) in [5.41, 5.74) is 0.756. The maximum Gasteiger partial charge on any atom is 0.311 e. The number of hydrogen-bond donors (Lipinski definition) is 0. The molecule has 1 aromatic carbocycles. The van der Waals surface area contributed by atoms with E-state index < -0.39 is 5.97 Å². The van der Waals surface area contributed by atoms with Gasteiger partial charge in [-0.3, -0.25) is 0 Å². The summed E-state index contributed by atoms with van der Waals surface area (Å²) in [6.07, 6.45) is 0. The van der Waals surface area contributed by atoms with Crippen molar-refractivity contribution in [2.45, 2.75) is 12.9 Å². The molecule has 0 unspecified atom stereocenters. The van der Waals surface area contributed by atoms with E-state index in [0.717, 1.165) is 11.3 Å². The van der Waals surface area contributed by atoms with Crippen LogP contribution in [-0.2, 0) is 20.2 Å². The molecule has 4 heteroatoms. The SMILES string of the molecule is CCOc1cccc(C(OC)(OC)OC)c1. The molecule has 16 heavy (non-hydrogen) atoms. The average molecular weight is 226 g/mol. The third-order valence-corrected chi connectivity index (χ3v) is 2.30. The van der Waals surface area contributed by atoms with Crippen molar-refractivity contribution >= 4 is 0 Å². The second-order valence-corrected chi connectivity index (χ2v) is 3.13. The molecule has 0 saturated heterocycles. The van der Waals surface area contributed by atoms with E-state index in [2.05, 4.69) is 0 Å². The molecule has 0 fully saturated rings. The molecular formula is C12H18O4. The molecule has 0 radical (unpaired) electrons. The maximum absolute atomic E-state index is 5.41. The van der Waals surface area contributed by atoms with Gasteiger partial charge in [-0.2, -0.15) is 0 Å². The second-order valence-electron chi connectivity index (χ2n) is 3.13. The van der Waals surface area contributed by atoms with Gasteiger partial charge in [0.15, 0.2) is 0 Å². The fourth-order valence-corrected chi connectivity index (χ4v) is 1.55. The topological polar surface area (TPSA) is 36.9 Å². The molecule has 0 spiro atoms. The first kappa shape index (κ1) is 13.0. The molecule has 4 nitrogen and oxygen atoms in total. The van der Waals surface area contributed by atoms with E-state index in [-0.39, 0.29) is 0 Å². The molecule has 0 saturated carbocycles. The van der Waals surface area contributed by atoms with Crippen molar-refractivity contribution < 1.29 is 18.9 Å². The number of rotatable bonds is 6. The number of ether oxygens (including phenoxy) is 4. The standard InChI is InChI=1S/C12H18O4/c1-5-16-11-8-6-7-10(9-11)12(13-2,14-3)15-4/h6-9H,5H2,1-4H3. The van der Waals surface area contributed by atoms with Gasteiger partial charge in [0.25, 0.3) is 0 Å². The van der Waals surface area contributed by atoms with Crippen molar-refractivity contribution in [3.05, 3.63) is 29.8 Å². The lowest BCUT2D eigenvalue weighted by Gasteiger charge is -2.29. The van der Waals surface area contributed by atoms with Crippen molar-refractivity contribution in [2.75, 3.05) is 27.9 Å². The summed E-state index contributed by atoms with van der Waals surface area (Å²) in [4.78, 5) is 0. The van der Waals surface area contributed by atoms with Gasteiger partial charge >= 0.3 is 5.97 Å². The predicted molar refractivity (Wildman–Crippen MR) is 60.3 cm³/mol. The van der Waals surface area contributed by atoms with Crippen molar-refractivity contribution in [3.63, 3.8) is 0 Å². The highest BCUT2D eigenvalue weighted by molar-refractivity contribution is 5.30. The summed E-state index contributed by atoms with van der Waals surface area (Å²) in [5, 5.41) is 0. The summed E-state index contributed by atoms with van der Waals surface area (Å²) < 4.78 is 21.2. The van der Waals surface area contributed by atoms with Crippen molar-refractivity contribution in [1.29, 1.82) is 0 Å². The fraction of sp³-hybridized carbons (Fsp3) is 0.500. The van der Waals surface area contributed by atoms with E-state index in [1.165, 1.54) is 21.3 Å². The minimum atomic E-state index is -1.17. The Morgan fingerprint density at radius 3 is 2.19 bits per heavy atom. The van der Waals surface area contributed by atoms with Crippen LogP contribution in [0, 0.1) is 0 Å². The van der Waals surface area contributed by atoms with Crippen LogP contribution < -0.4 is 4.74 Å². The van der Waals surface area contributed by atoms with Crippen LogP contribution in [0.3, 0.4) is 0 Å². The Balaban J connectivity index is 3.04. The van der Waals surface area contributed by atoms with Crippen LogP contribution in [-0.4, -0.2) is 27.9 Å². The Labute approximate surface area is 96.1 Å². The zero-order chi connectivity index (χ0) is 12.0. The van der Waals surface area contributed by atoms with E-state index in [1.54, 1.807) is 0 Å². The smallest absolute Gasteiger partial charge is 0.311 e. The van der Waals surface area contributed by atoms with Crippen LogP contribution in [0.4, 0.5) is 0 Å². The van der Waals surface area contributed by atoms with Crippen molar-refractivity contribution in [3.8, 4) is 5.75 Å². The van der Waals surface area contributed by atoms with Gasteiger partial charge in [-0.25, -0.2) is 0 Å². The van der Waals surface area contributed by atoms with Gasteiger partial charge in [0, 0.05) is 26.9 Å². The number of benzene rings is 1. The monoisotopic (exact) mass is 226 g/mol. The Hall–Kier alpha value is -1.10. The summed E-state index contributed by atoms with van der Waals surface area (Å²) in [6.45, 7) is 2.55. The molecule has 1 aromatic rings. The van der Waals surface area contributed by atoms with E-state index >= 15 is 0 Å². The van der Waals surface area contributed by atoms with Gasteiger partial charge in [-0.1, -0.05) is 12.1 Å². The first-order valence-electron chi connectivity index (χ1n) is 5.11. The molecule has 90 valence electrons. The number of hydrogen-bond acceptors (Lipinski definition) is 4. The predicted octanol–water partition coefficient (Wildman–Crippen LogP) is 2.13. The molecule has 0 N–H and O–H groups in total. The molecule has 0 aromatic heterocycles. The van der Waals surface area contributed by atoms with Crippen LogP contribution in [0.25, 0.3) is 0 Å². The first-order chi connectivity index (χ1) is 7.72. The van der Waals surface area contributed by atoms with E-state index in [1.807, 2.05) is 31.2 Å². The Kier molecular flexibility index (Phi) is 4.73. The minimum absolute atomic E-state index is 0.614. The van der Waals surface area contributed by atoms with Gasteiger partial charge in [-0.05, 0) is 19.1 Å². The van der Waals surface area contributed by atoms with E-state index in [9.17, 15) is 0 Å². The van der Waals surface area contributed by atoms with Crippen molar-refractivity contribution in [1.82, 2.24) is 0 Å². The summed E-state index contributed by atoms with van der Waals surface area (Å²) in [7, 11) is 4.58. The third-order valence-electron chi connectivity index (χ3n) is 2.30. The molecule has 1 rings (SSSR count). The zero-order valence-corrected chi connectivity index (χ0v) is 10.1. The van der Waals surface area contributed by atoms with E-state index in [4.69, 9.17) is 18.9 Å². The highest BCUT2D eigenvalue weighted by atomic mass is 16.9. The second kappa shape index (κ2) is 5.84. The lowest BCUT2D eigenvalue weighted by atomic mass is 10.2. The van der Waals surface area contributed by atoms with Gasteiger partial charge in [0.2, 0.25) is 0 Å². The summed E-state index contributed by atoms with van der Waals surface area (Å²) >= 11 is 0. The van der Waals surface area contributed by atoms with Crippen LogP contribution >= 0.6 is 0 Å². The van der Waals surface area contributed by atoms with Gasteiger partial charge in [0.05, 0.1) is 6.61 Å². The fourth-order valence-electron chi connectivity index (χ4n) is 1.55. The summed E-state index contributed by atoms with van der Waals surface area (Å²) in [6, 6.07) is 7.43. The van der Waals surface area contributed by atoms with Gasteiger partial charge < -0.3 is 18.9 Å². The molecule has 0 aliphatic heterocycles. The zero-order valence-electron chi connectivity index (χ0n) is 10.1. The van der Waals surface area contributed by atoms with Gasteiger partial charge in [-0.15, -0.1) is 0 Å². The minimum Gasteiger partial charge on any atom is -0.494 e. The number of methoxy groups -OCH3 is 3. The summed E-state index contributed by atoms with van der Waals surface area (Å²) in [5.74, 6) is -0.414. The molecule has 0 amide bonds. The lowest BCUT2D eigenvalue weighted by molar-refractivity contribution is -0.364. The molecular weight excluding hydrogens is 208 g/mol. The Morgan fingerprint density at radius 1 is 1.06 bits per heavy atom. The normalized spacial score (nSPS) is 11.5. The Bertz CT molecular complexity index is 312. The Morgan fingerprint density at radius 2 is 1.69 bits per heavy atom. The van der Waals surface area contributed by atoms with E-state index in [0.29, 0.717) is 6.61 Å². The highest BCUT2D eigenvalue weighted by Gasteiger charge is 2.32. The van der Waals surface area contributed by atoms with Crippen LogP contribution in [0.5, 0.6) is 5.75 Å². The molecule has 0 aliphatic rings. The molecule has 0 heterocycles.